The molecule has 0 aromatic rings. The molecule has 0 aromatic carbocycles. The number of esters is 3. The van der Waals surface area contributed by atoms with E-state index < -0.39 is 6.10 Å². The maximum atomic E-state index is 12.9. The van der Waals surface area contributed by atoms with Crippen LogP contribution in [0.2, 0.25) is 0 Å². The molecule has 0 aromatic heterocycles. The topological polar surface area (TPSA) is 78.9 Å². The van der Waals surface area contributed by atoms with Gasteiger partial charge >= 0.3 is 17.9 Å². The largest absolute Gasteiger partial charge is 0.462 e. The Hall–Kier alpha value is -4.45. The minimum atomic E-state index is -0.802. The standard InChI is InChI=1S/C76H126O6/c1-4-7-10-13-16-19-22-25-28-29-30-31-32-33-34-35-36-37-38-39-40-41-42-43-44-45-46-47-49-51-54-57-60-63-66-69-75(78)81-72-73(71-80-74(77)68-65-62-59-56-53-50-27-24-21-18-15-12-9-6-3)82-76(79)70-67-64-61-58-55-52-48-26-23-20-17-14-11-8-5-2/h7-8,10-11,16-17,19-20,25-26,28,30-31,33-34,36-37,39-40,48,55,58,73H,4-6,9,12-15,18,21-24,27,29,32,35,38,41-47,49-54,56-57,59-72H2,1-3H3/b10-7-,11-8-,19-16-,20-17-,28-25-,31-30-,34-33-,37-36-,40-39-,48-26-,58-55-. The third-order valence-electron chi connectivity index (χ3n) is 14.4. The Kier molecular flexibility index (Phi) is 65.3. The summed E-state index contributed by atoms with van der Waals surface area (Å²) in [5.74, 6) is -0.929. The summed E-state index contributed by atoms with van der Waals surface area (Å²) >= 11 is 0. The zero-order valence-electron chi connectivity index (χ0n) is 53.5. The molecule has 0 aliphatic carbocycles. The molecule has 0 rings (SSSR count). The van der Waals surface area contributed by atoms with E-state index in [1.807, 2.05) is 0 Å². The van der Waals surface area contributed by atoms with Crippen LogP contribution in [0.4, 0.5) is 0 Å². The van der Waals surface area contributed by atoms with Crippen molar-refractivity contribution in [2.75, 3.05) is 13.2 Å². The first-order chi connectivity index (χ1) is 40.5. The smallest absolute Gasteiger partial charge is 0.306 e. The highest BCUT2D eigenvalue weighted by Gasteiger charge is 2.19. The second-order valence-corrected chi connectivity index (χ2v) is 22.3. The van der Waals surface area contributed by atoms with Crippen molar-refractivity contribution in [1.29, 1.82) is 0 Å². The minimum Gasteiger partial charge on any atom is -0.462 e. The number of carbonyl (C=O) groups excluding carboxylic acids is 3. The van der Waals surface area contributed by atoms with Crippen LogP contribution in [0.5, 0.6) is 0 Å². The van der Waals surface area contributed by atoms with Gasteiger partial charge in [0.1, 0.15) is 13.2 Å². The molecular formula is C76H126O6. The van der Waals surface area contributed by atoms with Gasteiger partial charge in [-0.1, -0.05) is 309 Å². The molecule has 0 aliphatic heterocycles. The minimum absolute atomic E-state index is 0.0937. The van der Waals surface area contributed by atoms with Crippen LogP contribution in [0.25, 0.3) is 0 Å². The van der Waals surface area contributed by atoms with Crippen molar-refractivity contribution < 1.29 is 28.6 Å². The summed E-state index contributed by atoms with van der Waals surface area (Å²) in [7, 11) is 0. The molecule has 6 heteroatoms. The zero-order valence-corrected chi connectivity index (χ0v) is 53.5. The third-order valence-corrected chi connectivity index (χ3v) is 14.4. The van der Waals surface area contributed by atoms with Crippen molar-refractivity contribution in [1.82, 2.24) is 0 Å². The van der Waals surface area contributed by atoms with Gasteiger partial charge in [0, 0.05) is 19.3 Å². The Labute approximate surface area is 506 Å². The van der Waals surface area contributed by atoms with E-state index in [2.05, 4.69) is 154 Å². The Morgan fingerprint density at radius 3 is 0.768 bits per heavy atom. The van der Waals surface area contributed by atoms with E-state index >= 15 is 0 Å². The molecule has 0 bridgehead atoms. The summed E-state index contributed by atoms with van der Waals surface area (Å²) in [6.07, 6.45) is 97.7. The lowest BCUT2D eigenvalue weighted by Crippen LogP contribution is -2.30. The zero-order chi connectivity index (χ0) is 59.2. The van der Waals surface area contributed by atoms with Crippen molar-refractivity contribution >= 4 is 17.9 Å². The Bertz CT molecular complexity index is 1730. The van der Waals surface area contributed by atoms with E-state index in [0.717, 1.165) is 122 Å². The molecule has 1 atom stereocenters. The summed E-state index contributed by atoms with van der Waals surface area (Å²) in [6, 6.07) is 0. The van der Waals surface area contributed by atoms with E-state index in [1.54, 1.807) is 0 Å². The van der Waals surface area contributed by atoms with Crippen LogP contribution in [0.1, 0.15) is 310 Å². The molecule has 0 spiro atoms. The van der Waals surface area contributed by atoms with Gasteiger partial charge in [-0.15, -0.1) is 0 Å². The highest BCUT2D eigenvalue weighted by molar-refractivity contribution is 5.71. The molecule has 0 aliphatic rings. The first-order valence-electron chi connectivity index (χ1n) is 34.2. The van der Waals surface area contributed by atoms with Gasteiger partial charge in [0.05, 0.1) is 0 Å². The molecule has 0 fully saturated rings. The summed E-state index contributed by atoms with van der Waals surface area (Å²) in [5, 5.41) is 0. The second kappa shape index (κ2) is 69.0. The van der Waals surface area contributed by atoms with Gasteiger partial charge in [0.15, 0.2) is 6.10 Å². The summed E-state index contributed by atoms with van der Waals surface area (Å²) in [6.45, 7) is 6.39. The Morgan fingerprint density at radius 1 is 0.256 bits per heavy atom. The highest BCUT2D eigenvalue weighted by atomic mass is 16.6. The van der Waals surface area contributed by atoms with Crippen molar-refractivity contribution in [3.05, 3.63) is 134 Å². The van der Waals surface area contributed by atoms with E-state index in [4.69, 9.17) is 14.2 Å². The van der Waals surface area contributed by atoms with Gasteiger partial charge in [-0.05, 0) is 116 Å². The van der Waals surface area contributed by atoms with Crippen LogP contribution >= 0.6 is 0 Å². The average Bonchev–Trinajstić information content (AvgIpc) is 3.48. The van der Waals surface area contributed by atoms with Crippen LogP contribution in [0.15, 0.2) is 134 Å². The number of hydrogen-bond acceptors (Lipinski definition) is 6. The van der Waals surface area contributed by atoms with Gasteiger partial charge in [0.25, 0.3) is 0 Å². The van der Waals surface area contributed by atoms with Crippen LogP contribution < -0.4 is 0 Å². The first kappa shape index (κ1) is 77.5. The normalized spacial score (nSPS) is 13.0. The van der Waals surface area contributed by atoms with Crippen molar-refractivity contribution in [2.24, 2.45) is 0 Å². The molecule has 0 heterocycles. The molecule has 466 valence electrons. The molecule has 0 saturated carbocycles. The van der Waals surface area contributed by atoms with E-state index in [9.17, 15) is 14.4 Å². The number of ether oxygens (including phenoxy) is 3. The fourth-order valence-corrected chi connectivity index (χ4v) is 9.36. The summed E-state index contributed by atoms with van der Waals surface area (Å²) < 4.78 is 16.9. The predicted molar refractivity (Wildman–Crippen MR) is 357 cm³/mol. The molecule has 0 saturated heterocycles. The van der Waals surface area contributed by atoms with Crippen LogP contribution in [0.3, 0.4) is 0 Å². The molecule has 82 heavy (non-hydrogen) atoms. The highest BCUT2D eigenvalue weighted by Crippen LogP contribution is 2.16. The van der Waals surface area contributed by atoms with E-state index in [-0.39, 0.29) is 37.5 Å². The second-order valence-electron chi connectivity index (χ2n) is 22.3. The summed E-state index contributed by atoms with van der Waals surface area (Å²) in [5.41, 5.74) is 0. The number of rotatable bonds is 61. The fourth-order valence-electron chi connectivity index (χ4n) is 9.36. The number of unbranched alkanes of at least 4 members (excludes halogenated alkanes) is 28. The van der Waals surface area contributed by atoms with E-state index in [0.29, 0.717) is 19.3 Å². The molecule has 0 radical (unpaired) electrons. The Balaban J connectivity index is 4.22. The lowest BCUT2D eigenvalue weighted by atomic mass is 10.0. The molecule has 6 nitrogen and oxygen atoms in total. The van der Waals surface area contributed by atoms with Crippen molar-refractivity contribution in [3.63, 3.8) is 0 Å². The lowest BCUT2D eigenvalue weighted by molar-refractivity contribution is -0.167. The SMILES string of the molecule is CC/C=C\C/C=C\C/C=C\C/C=C\C/C=C\C/C=C\C/C=C\CCCCCCCCCCCCCCCC(=O)OCC(COC(=O)CCCCCCCCCCCCCCCC)OC(=O)CCCC/C=C\C/C=C\C/C=C\C/C=C\CC. The summed E-state index contributed by atoms with van der Waals surface area (Å²) in [4.78, 5) is 38.3. The quantitative estimate of drug-likeness (QED) is 0.0261. The fraction of sp³-hybridized carbons (Fsp3) is 0.671. The number of hydrogen-bond donors (Lipinski definition) is 0. The maximum absolute atomic E-state index is 12.9. The lowest BCUT2D eigenvalue weighted by Gasteiger charge is -2.18. The van der Waals surface area contributed by atoms with Crippen LogP contribution in [-0.2, 0) is 28.6 Å². The maximum Gasteiger partial charge on any atom is 0.306 e. The van der Waals surface area contributed by atoms with Gasteiger partial charge < -0.3 is 14.2 Å². The average molecular weight is 1140 g/mol. The number of carbonyl (C=O) groups is 3. The van der Waals surface area contributed by atoms with Gasteiger partial charge in [-0.25, -0.2) is 0 Å². The van der Waals surface area contributed by atoms with Gasteiger partial charge in [-0.2, -0.15) is 0 Å². The van der Waals surface area contributed by atoms with Crippen molar-refractivity contribution in [2.45, 2.75) is 316 Å². The molecule has 0 amide bonds. The van der Waals surface area contributed by atoms with Crippen LogP contribution in [-0.4, -0.2) is 37.2 Å². The Morgan fingerprint density at radius 2 is 0.476 bits per heavy atom. The molecule has 0 N–H and O–H groups in total. The van der Waals surface area contributed by atoms with Crippen molar-refractivity contribution in [3.8, 4) is 0 Å². The van der Waals surface area contributed by atoms with Crippen LogP contribution in [0, 0.1) is 0 Å². The first-order valence-corrected chi connectivity index (χ1v) is 34.2. The molecular weight excluding hydrogens is 1010 g/mol. The third kappa shape index (κ3) is 66.4. The number of allylic oxidation sites excluding steroid dienone is 22. The van der Waals surface area contributed by atoms with E-state index in [1.165, 1.54) is 141 Å². The van der Waals surface area contributed by atoms with Gasteiger partial charge in [-0.3, -0.25) is 14.4 Å². The van der Waals surface area contributed by atoms with Gasteiger partial charge in [0.2, 0.25) is 0 Å². The monoisotopic (exact) mass is 1130 g/mol. The predicted octanol–water partition coefficient (Wildman–Crippen LogP) is 23.7. The molecule has 1 unspecified atom stereocenters.